The molecule has 0 amide bonds. The molecular weight excluding hydrogens is 1330 g/mol. The van der Waals surface area contributed by atoms with Gasteiger partial charge in [-0.1, -0.05) is 357 Å². The molecule has 0 aliphatic carbocycles. The van der Waals surface area contributed by atoms with Crippen LogP contribution in [0.1, 0.15) is 374 Å². The minimum absolute atomic E-state index is 0.0257. The number of unbranched alkanes of at least 4 members (excludes halogenated alkanes) is 40. The van der Waals surface area contributed by atoms with Crippen LogP contribution in [-0.2, 0) is 65.4 Å². The Hall–Kier alpha value is -3.50. The molecule has 0 saturated carbocycles. The van der Waals surface area contributed by atoms with E-state index in [1.807, 2.05) is 18.2 Å². The Bertz CT molecular complexity index is 2210. The number of esters is 4. The van der Waals surface area contributed by atoms with Gasteiger partial charge in [0.2, 0.25) is 0 Å². The molecule has 102 heavy (non-hydrogen) atoms. The molecular formula is C83H150O17P2. The highest BCUT2D eigenvalue weighted by Crippen LogP contribution is 2.45. The summed E-state index contributed by atoms with van der Waals surface area (Å²) in [6.07, 6.45) is 77.5. The van der Waals surface area contributed by atoms with E-state index in [-0.39, 0.29) is 25.7 Å². The van der Waals surface area contributed by atoms with Gasteiger partial charge in [-0.05, 0) is 64.2 Å². The fourth-order valence-electron chi connectivity index (χ4n) is 11.5. The second-order valence-corrected chi connectivity index (χ2v) is 30.6. The lowest BCUT2D eigenvalue weighted by molar-refractivity contribution is -0.161. The van der Waals surface area contributed by atoms with Gasteiger partial charge in [-0.15, -0.1) is 0 Å². The molecule has 0 bridgehead atoms. The first kappa shape index (κ1) is 98.5. The second kappa shape index (κ2) is 75.7. The fraction of sp³-hybridized carbons (Fsp3) is 0.807. The number of aliphatic hydroxyl groups excluding tert-OH is 1. The normalized spacial score (nSPS) is 14.2. The molecule has 3 N–H and O–H groups in total. The van der Waals surface area contributed by atoms with Crippen molar-refractivity contribution in [1.82, 2.24) is 0 Å². The van der Waals surface area contributed by atoms with Crippen molar-refractivity contribution in [1.29, 1.82) is 0 Å². The average molecular weight is 1480 g/mol. The molecule has 0 heterocycles. The Balaban J connectivity index is 5.38. The molecule has 0 aliphatic heterocycles. The van der Waals surface area contributed by atoms with E-state index in [0.717, 1.165) is 96.3 Å². The van der Waals surface area contributed by atoms with E-state index in [9.17, 15) is 43.2 Å². The lowest BCUT2D eigenvalue weighted by Crippen LogP contribution is -2.30. The molecule has 2 unspecified atom stereocenters. The van der Waals surface area contributed by atoms with Crippen LogP contribution in [0.15, 0.2) is 72.9 Å². The van der Waals surface area contributed by atoms with Gasteiger partial charge in [-0.25, -0.2) is 9.13 Å². The monoisotopic (exact) mass is 1480 g/mol. The summed E-state index contributed by atoms with van der Waals surface area (Å²) < 4.78 is 68.6. The zero-order chi connectivity index (χ0) is 74.6. The quantitative estimate of drug-likeness (QED) is 0.0169. The summed E-state index contributed by atoms with van der Waals surface area (Å²) in [5.41, 5.74) is 0. The number of aliphatic hydroxyl groups is 1. The highest BCUT2D eigenvalue weighted by molar-refractivity contribution is 7.47. The maximum Gasteiger partial charge on any atom is 0.472 e. The molecule has 17 nitrogen and oxygen atoms in total. The van der Waals surface area contributed by atoms with E-state index >= 15 is 0 Å². The second-order valence-electron chi connectivity index (χ2n) is 27.7. The van der Waals surface area contributed by atoms with Gasteiger partial charge in [0.1, 0.15) is 19.3 Å². The highest BCUT2D eigenvalue weighted by Gasteiger charge is 2.30. The first-order valence-corrected chi connectivity index (χ1v) is 44.2. The topological polar surface area (TPSA) is 237 Å². The Morgan fingerprint density at radius 3 is 0.784 bits per heavy atom. The van der Waals surface area contributed by atoms with Gasteiger partial charge in [-0.3, -0.25) is 37.3 Å². The number of hydrogen-bond donors (Lipinski definition) is 3. The summed E-state index contributed by atoms with van der Waals surface area (Å²) in [4.78, 5) is 73.0. The fourth-order valence-corrected chi connectivity index (χ4v) is 13.1. The first-order valence-electron chi connectivity index (χ1n) is 41.2. The Morgan fingerprint density at radius 2 is 0.510 bits per heavy atom. The van der Waals surface area contributed by atoms with Crippen LogP contribution in [-0.4, -0.2) is 96.7 Å². The van der Waals surface area contributed by atoms with Gasteiger partial charge in [0.25, 0.3) is 0 Å². The molecule has 0 spiro atoms. The third-order valence-electron chi connectivity index (χ3n) is 17.7. The first-order chi connectivity index (χ1) is 49.7. The summed E-state index contributed by atoms with van der Waals surface area (Å²) in [5, 5.41) is 10.6. The number of phosphoric acid groups is 2. The van der Waals surface area contributed by atoms with E-state index in [1.165, 1.54) is 193 Å². The van der Waals surface area contributed by atoms with Crippen LogP contribution < -0.4 is 0 Å². The largest absolute Gasteiger partial charge is 0.472 e. The lowest BCUT2D eigenvalue weighted by atomic mass is 10.0. The Kier molecular flexibility index (Phi) is 73.1. The van der Waals surface area contributed by atoms with Crippen molar-refractivity contribution < 1.29 is 80.2 Å². The molecule has 0 rings (SSSR count). The third kappa shape index (κ3) is 74.8. The van der Waals surface area contributed by atoms with Crippen LogP contribution in [0.3, 0.4) is 0 Å². The van der Waals surface area contributed by atoms with Gasteiger partial charge >= 0.3 is 39.5 Å². The zero-order valence-corrected chi connectivity index (χ0v) is 66.8. The molecule has 0 radical (unpaired) electrons. The third-order valence-corrected chi connectivity index (χ3v) is 19.6. The smallest absolute Gasteiger partial charge is 0.462 e. The maximum atomic E-state index is 13.1. The highest BCUT2D eigenvalue weighted by atomic mass is 31.2. The van der Waals surface area contributed by atoms with Crippen molar-refractivity contribution in [3.05, 3.63) is 72.9 Å². The van der Waals surface area contributed by atoms with Crippen molar-refractivity contribution in [3.63, 3.8) is 0 Å². The van der Waals surface area contributed by atoms with Crippen molar-refractivity contribution >= 4 is 39.5 Å². The lowest BCUT2D eigenvalue weighted by Gasteiger charge is -2.21. The molecule has 0 aliphatic rings. The number of carbonyl (C=O) groups excluding carboxylic acids is 4. The van der Waals surface area contributed by atoms with Crippen molar-refractivity contribution in [2.75, 3.05) is 39.6 Å². The number of hydrogen-bond acceptors (Lipinski definition) is 15. The molecule has 0 aromatic rings. The molecule has 0 fully saturated rings. The standard InChI is InChI=1S/C83H150O17P2/c1-5-9-13-17-21-25-29-33-36-37-38-39-42-46-50-54-58-62-66-70-83(88)100-79(74-94-81(86)68-64-60-56-52-48-45-41-35-31-27-23-19-15-11-7-3)76-98-102(91,92)96-72-77(84)71-95-101(89,90)97-75-78(99-82(87)69-65-61-57-53-49-43-32-28-24-20-16-12-8-4)73-93-80(85)67-63-59-55-51-47-44-40-34-30-26-22-18-14-10-6-2/h9,13,21,25,33,36,38-39,46,50,58,62,77-79,84H,5-8,10-12,14-20,22-24,26-32,34-35,37,40-45,47-49,51-57,59-61,63-76H2,1-4H3,(H,89,90)(H,91,92)/b13-9-,25-21-,36-33-,39-38-,50-46-,62-58-/t77-,78+,79+/m0/s1. The summed E-state index contributed by atoms with van der Waals surface area (Å²) >= 11 is 0. The van der Waals surface area contributed by atoms with Crippen LogP contribution in [0.2, 0.25) is 0 Å². The number of allylic oxidation sites excluding steroid dienone is 12. The number of phosphoric ester groups is 2. The number of rotatable bonds is 78. The molecule has 594 valence electrons. The van der Waals surface area contributed by atoms with Gasteiger partial charge < -0.3 is 33.8 Å². The summed E-state index contributed by atoms with van der Waals surface area (Å²) in [6.45, 7) is 4.77. The van der Waals surface area contributed by atoms with Crippen LogP contribution in [0.4, 0.5) is 0 Å². The molecule has 0 aromatic carbocycles. The van der Waals surface area contributed by atoms with E-state index in [4.69, 9.17) is 37.0 Å². The van der Waals surface area contributed by atoms with E-state index in [1.54, 1.807) is 0 Å². The van der Waals surface area contributed by atoms with E-state index in [2.05, 4.69) is 82.4 Å². The SMILES string of the molecule is CC/C=C\C/C=C\C/C=C\C/C=C\C/C=C\C/C=C\CCC(=O)O[C@H](COC(=O)CCCCCCCCCCCCCCCCC)COP(=O)(O)OC[C@@H](O)COP(=O)(O)OC[C@@H](COC(=O)CCCCCCCCCCCCCCCCC)OC(=O)CCCCCCCCCCCCCCC. The Morgan fingerprint density at radius 1 is 0.284 bits per heavy atom. The predicted molar refractivity (Wildman–Crippen MR) is 418 cm³/mol. The van der Waals surface area contributed by atoms with Crippen LogP contribution in [0, 0.1) is 0 Å². The van der Waals surface area contributed by atoms with E-state index < -0.39 is 97.5 Å². The minimum atomic E-state index is -4.99. The van der Waals surface area contributed by atoms with Gasteiger partial charge in [0, 0.05) is 25.7 Å². The molecule has 5 atom stereocenters. The van der Waals surface area contributed by atoms with Crippen LogP contribution in [0.5, 0.6) is 0 Å². The van der Waals surface area contributed by atoms with Gasteiger partial charge in [-0.2, -0.15) is 0 Å². The summed E-state index contributed by atoms with van der Waals surface area (Å²) in [6, 6.07) is 0. The minimum Gasteiger partial charge on any atom is -0.462 e. The summed E-state index contributed by atoms with van der Waals surface area (Å²) in [5.74, 6) is -2.23. The van der Waals surface area contributed by atoms with Crippen LogP contribution in [0.25, 0.3) is 0 Å². The van der Waals surface area contributed by atoms with Crippen molar-refractivity contribution in [2.24, 2.45) is 0 Å². The van der Waals surface area contributed by atoms with Crippen molar-refractivity contribution in [3.8, 4) is 0 Å². The van der Waals surface area contributed by atoms with Crippen LogP contribution >= 0.6 is 15.6 Å². The van der Waals surface area contributed by atoms with Gasteiger partial charge in [0.15, 0.2) is 12.2 Å². The zero-order valence-electron chi connectivity index (χ0n) is 65.0. The predicted octanol–water partition coefficient (Wildman–Crippen LogP) is 24.0. The average Bonchev–Trinajstić information content (AvgIpc) is 0.908. The molecule has 0 aromatic heterocycles. The number of ether oxygens (including phenoxy) is 4. The number of carbonyl (C=O) groups is 4. The van der Waals surface area contributed by atoms with Gasteiger partial charge in [0.05, 0.1) is 26.4 Å². The summed E-state index contributed by atoms with van der Waals surface area (Å²) in [7, 11) is -9.96. The maximum absolute atomic E-state index is 13.1. The Labute approximate surface area is 622 Å². The van der Waals surface area contributed by atoms with E-state index in [0.29, 0.717) is 32.1 Å². The van der Waals surface area contributed by atoms with Crippen molar-refractivity contribution in [2.45, 2.75) is 393 Å². The molecule has 19 heteroatoms. The molecule has 0 saturated heterocycles.